The lowest BCUT2D eigenvalue weighted by atomic mass is 10.2. The Labute approximate surface area is 192 Å². The molecule has 0 aliphatic carbocycles. The lowest BCUT2D eigenvalue weighted by Gasteiger charge is -2.26. The number of rotatable bonds is 7. The molecular formula is C22H26FN3O4S2. The Morgan fingerprint density at radius 3 is 2.50 bits per heavy atom. The summed E-state index contributed by atoms with van der Waals surface area (Å²) in [4.78, 5) is 26.8. The number of nitrogens with zero attached hydrogens (tertiary/aromatic N) is 2. The lowest BCUT2D eigenvalue weighted by molar-refractivity contribution is -0.116. The maximum absolute atomic E-state index is 14.4. The van der Waals surface area contributed by atoms with Crippen molar-refractivity contribution < 1.29 is 22.4 Å². The fourth-order valence-corrected chi connectivity index (χ4v) is 5.68. The number of halogens is 1. The van der Waals surface area contributed by atoms with Crippen molar-refractivity contribution in [3.05, 3.63) is 53.8 Å². The molecule has 1 aliphatic rings. The number of carbonyl (C=O) groups is 2. The van der Waals surface area contributed by atoms with Gasteiger partial charge in [0.25, 0.3) is 5.91 Å². The van der Waals surface area contributed by atoms with Crippen molar-refractivity contribution in [2.75, 3.05) is 38.3 Å². The van der Waals surface area contributed by atoms with Crippen LogP contribution in [0.4, 0.5) is 10.1 Å². The second-order valence-corrected chi connectivity index (χ2v) is 10.3. The summed E-state index contributed by atoms with van der Waals surface area (Å²) >= 11 is 1.48. The van der Waals surface area contributed by atoms with Crippen LogP contribution in [-0.2, 0) is 14.8 Å². The minimum Gasteiger partial charge on any atom is -0.332 e. The van der Waals surface area contributed by atoms with Gasteiger partial charge < -0.3 is 10.2 Å². The summed E-state index contributed by atoms with van der Waals surface area (Å²) in [6, 6.07) is 10.6. The van der Waals surface area contributed by atoms with Crippen LogP contribution in [0.2, 0.25) is 0 Å². The van der Waals surface area contributed by atoms with Crippen LogP contribution in [0.3, 0.4) is 0 Å². The third kappa shape index (κ3) is 5.48. The number of hydrogen-bond acceptors (Lipinski definition) is 5. The smallest absolute Gasteiger partial charge is 0.254 e. The maximum Gasteiger partial charge on any atom is 0.254 e. The molecule has 172 valence electrons. The van der Waals surface area contributed by atoms with Crippen molar-refractivity contribution in [2.45, 2.75) is 29.1 Å². The van der Waals surface area contributed by atoms with Crippen molar-refractivity contribution in [1.29, 1.82) is 0 Å². The summed E-state index contributed by atoms with van der Waals surface area (Å²) in [5, 5.41) is 2.77. The molecule has 2 aromatic rings. The number of hydrogen-bond donors (Lipinski definition) is 1. The van der Waals surface area contributed by atoms with E-state index in [9.17, 15) is 22.4 Å². The number of amides is 2. The molecule has 0 radical (unpaired) electrons. The number of thioether (sulfide) groups is 1. The van der Waals surface area contributed by atoms with E-state index in [1.807, 2.05) is 18.4 Å². The summed E-state index contributed by atoms with van der Waals surface area (Å²) in [5.74, 6) is -1.87. The predicted molar refractivity (Wildman–Crippen MR) is 123 cm³/mol. The van der Waals surface area contributed by atoms with E-state index in [1.54, 1.807) is 12.1 Å². The van der Waals surface area contributed by atoms with Crippen LogP contribution in [0.5, 0.6) is 0 Å². The van der Waals surface area contributed by atoms with Gasteiger partial charge in [-0.2, -0.15) is 4.31 Å². The number of para-hydroxylation sites is 1. The molecule has 0 saturated carbocycles. The van der Waals surface area contributed by atoms with Crippen molar-refractivity contribution >= 4 is 39.3 Å². The van der Waals surface area contributed by atoms with Gasteiger partial charge in [-0.1, -0.05) is 18.6 Å². The molecule has 32 heavy (non-hydrogen) atoms. The molecule has 3 rings (SSSR count). The summed E-state index contributed by atoms with van der Waals surface area (Å²) in [6.07, 6.45) is 4.26. The molecule has 1 aliphatic heterocycles. The molecule has 0 atom stereocenters. The zero-order valence-corrected chi connectivity index (χ0v) is 19.6. The molecule has 1 saturated heterocycles. The van der Waals surface area contributed by atoms with Gasteiger partial charge in [0.2, 0.25) is 15.9 Å². The average Bonchev–Trinajstić information content (AvgIpc) is 2.79. The van der Waals surface area contributed by atoms with E-state index in [1.165, 1.54) is 34.1 Å². The first kappa shape index (κ1) is 24.2. The van der Waals surface area contributed by atoms with E-state index in [4.69, 9.17) is 0 Å². The highest BCUT2D eigenvalue weighted by atomic mass is 32.2. The molecule has 1 N–H and O–H groups in total. The molecule has 2 aromatic carbocycles. The number of piperidine rings is 1. The first-order valence-electron chi connectivity index (χ1n) is 10.2. The highest BCUT2D eigenvalue weighted by molar-refractivity contribution is 7.98. The largest absolute Gasteiger partial charge is 0.332 e. The Bertz CT molecular complexity index is 1100. The number of benzene rings is 2. The van der Waals surface area contributed by atoms with E-state index in [0.29, 0.717) is 18.8 Å². The Balaban J connectivity index is 1.74. The molecule has 0 spiro atoms. The fourth-order valence-electron chi connectivity index (χ4n) is 3.52. The molecule has 1 fully saturated rings. The Morgan fingerprint density at radius 1 is 1.12 bits per heavy atom. The minimum absolute atomic E-state index is 0.00167. The molecule has 0 unspecified atom stereocenters. The van der Waals surface area contributed by atoms with E-state index in [2.05, 4.69) is 5.32 Å². The quantitative estimate of drug-likeness (QED) is 0.615. The van der Waals surface area contributed by atoms with E-state index >= 15 is 0 Å². The summed E-state index contributed by atoms with van der Waals surface area (Å²) in [7, 11) is -2.60. The van der Waals surface area contributed by atoms with Crippen LogP contribution in [-0.4, -0.2) is 62.4 Å². The fraction of sp³-hybridized carbons (Fsp3) is 0.364. The van der Waals surface area contributed by atoms with Gasteiger partial charge in [0.15, 0.2) is 0 Å². The first-order valence-corrected chi connectivity index (χ1v) is 12.9. The topological polar surface area (TPSA) is 86.8 Å². The molecule has 7 nitrogen and oxygen atoms in total. The van der Waals surface area contributed by atoms with Crippen molar-refractivity contribution in [3.8, 4) is 0 Å². The summed E-state index contributed by atoms with van der Waals surface area (Å²) in [5.41, 5.74) is 0.643. The van der Waals surface area contributed by atoms with Crippen LogP contribution >= 0.6 is 11.8 Å². The normalized spacial score (nSPS) is 14.7. The predicted octanol–water partition coefficient (Wildman–Crippen LogP) is 3.43. The third-order valence-electron chi connectivity index (χ3n) is 5.22. The Kier molecular flexibility index (Phi) is 7.91. The van der Waals surface area contributed by atoms with Crippen LogP contribution in [0.1, 0.15) is 29.6 Å². The van der Waals surface area contributed by atoms with Gasteiger partial charge in [0, 0.05) is 30.6 Å². The van der Waals surface area contributed by atoms with Crippen LogP contribution in [0.25, 0.3) is 0 Å². The van der Waals surface area contributed by atoms with Crippen LogP contribution in [0, 0.1) is 5.82 Å². The first-order chi connectivity index (χ1) is 15.2. The van der Waals surface area contributed by atoms with Crippen molar-refractivity contribution in [2.24, 2.45) is 0 Å². The van der Waals surface area contributed by atoms with Gasteiger partial charge in [0.05, 0.1) is 12.2 Å². The molecule has 2 amide bonds. The molecule has 0 aromatic heterocycles. The second-order valence-electron chi connectivity index (χ2n) is 7.52. The number of nitrogens with one attached hydrogen (secondary N) is 1. The number of anilines is 1. The highest BCUT2D eigenvalue weighted by Gasteiger charge is 2.30. The molecule has 10 heteroatoms. The average molecular weight is 480 g/mol. The highest BCUT2D eigenvalue weighted by Crippen LogP contribution is 2.25. The van der Waals surface area contributed by atoms with Gasteiger partial charge in [-0.3, -0.25) is 9.59 Å². The molecule has 0 bridgehead atoms. The standard InChI is InChI=1S/C22H26FN3O4S2/c1-25(15-21(27)24-18-8-4-5-9-19(18)31-2)22(28)16-10-11-17(23)20(14-16)32(29,30)26-12-6-3-7-13-26/h4-5,8-11,14H,3,6-7,12-13,15H2,1-2H3,(H,24,27). The number of likely N-dealkylation sites (N-methyl/N-ethyl adjacent to an activating group) is 1. The number of sulfonamides is 1. The minimum atomic E-state index is -4.04. The Morgan fingerprint density at radius 2 is 1.81 bits per heavy atom. The van der Waals surface area contributed by atoms with Gasteiger partial charge in [-0.15, -0.1) is 11.8 Å². The van der Waals surface area contributed by atoms with Gasteiger partial charge in [0.1, 0.15) is 10.7 Å². The monoisotopic (exact) mass is 479 g/mol. The van der Waals surface area contributed by atoms with Gasteiger partial charge in [-0.05, 0) is 49.4 Å². The van der Waals surface area contributed by atoms with E-state index in [0.717, 1.165) is 36.3 Å². The van der Waals surface area contributed by atoms with Crippen LogP contribution < -0.4 is 5.32 Å². The SMILES string of the molecule is CSc1ccccc1NC(=O)CN(C)C(=O)c1ccc(F)c(S(=O)(=O)N2CCCCC2)c1. The summed E-state index contributed by atoms with van der Waals surface area (Å²) in [6.45, 7) is 0.419. The molecule has 1 heterocycles. The zero-order valence-electron chi connectivity index (χ0n) is 18.0. The molecular weight excluding hydrogens is 453 g/mol. The Hall–Kier alpha value is -2.43. The zero-order chi connectivity index (χ0) is 23.3. The van der Waals surface area contributed by atoms with Gasteiger partial charge in [-0.25, -0.2) is 12.8 Å². The lowest BCUT2D eigenvalue weighted by Crippen LogP contribution is -2.37. The van der Waals surface area contributed by atoms with Gasteiger partial charge >= 0.3 is 0 Å². The van der Waals surface area contributed by atoms with Crippen molar-refractivity contribution in [3.63, 3.8) is 0 Å². The van der Waals surface area contributed by atoms with Crippen LogP contribution in [0.15, 0.2) is 52.3 Å². The maximum atomic E-state index is 14.4. The number of carbonyl (C=O) groups excluding carboxylic acids is 2. The summed E-state index contributed by atoms with van der Waals surface area (Å²) < 4.78 is 41.4. The second kappa shape index (κ2) is 10.5. The van der Waals surface area contributed by atoms with E-state index in [-0.39, 0.29) is 12.1 Å². The third-order valence-corrected chi connectivity index (χ3v) is 7.93. The van der Waals surface area contributed by atoms with Crippen molar-refractivity contribution in [1.82, 2.24) is 9.21 Å². The van der Waals surface area contributed by atoms with E-state index < -0.39 is 32.6 Å².